The summed E-state index contributed by atoms with van der Waals surface area (Å²) < 4.78 is 6.74. The van der Waals surface area contributed by atoms with Crippen molar-refractivity contribution >= 4 is 11.8 Å². The highest BCUT2D eigenvalue weighted by Crippen LogP contribution is 2.32. The fourth-order valence-electron chi connectivity index (χ4n) is 3.05. The number of aromatic nitrogens is 4. The van der Waals surface area contributed by atoms with Crippen molar-refractivity contribution in [2.45, 2.75) is 25.3 Å². The number of rotatable bonds is 4. The number of likely N-dealkylation sites (tertiary alicyclic amines) is 1. The number of nitrogens with two attached hydrogens (primary N) is 1. The molecule has 1 aliphatic heterocycles. The number of hydrogen-bond donors (Lipinski definition) is 2. The number of H-pyrrole nitrogens is 1. The molecule has 0 aromatic carbocycles. The van der Waals surface area contributed by atoms with Crippen molar-refractivity contribution in [3.63, 3.8) is 0 Å². The SMILES string of the molecule is COc1nn(C)cc1C(=O)N1CCCC[C@@H]1c1cc(C(N)=O)n[nH]1. The lowest BCUT2D eigenvalue weighted by molar-refractivity contribution is 0.0602. The van der Waals surface area contributed by atoms with Gasteiger partial charge < -0.3 is 15.4 Å². The van der Waals surface area contributed by atoms with E-state index < -0.39 is 5.91 Å². The number of carbonyl (C=O) groups excluding carboxylic acids is 2. The summed E-state index contributed by atoms with van der Waals surface area (Å²) in [6.45, 7) is 0.618. The minimum atomic E-state index is -0.597. The number of aromatic amines is 1. The number of aryl methyl sites for hydroxylation is 1. The van der Waals surface area contributed by atoms with Gasteiger partial charge in [-0.3, -0.25) is 19.4 Å². The number of primary amides is 1. The minimum Gasteiger partial charge on any atom is -0.479 e. The highest BCUT2D eigenvalue weighted by Gasteiger charge is 2.32. The van der Waals surface area contributed by atoms with E-state index in [2.05, 4.69) is 15.3 Å². The Morgan fingerprint density at radius 1 is 1.42 bits per heavy atom. The summed E-state index contributed by atoms with van der Waals surface area (Å²) in [5.41, 5.74) is 6.55. The van der Waals surface area contributed by atoms with E-state index in [4.69, 9.17) is 10.5 Å². The number of nitrogens with zero attached hydrogens (tertiary/aromatic N) is 4. The first-order valence-corrected chi connectivity index (χ1v) is 7.75. The molecule has 9 nitrogen and oxygen atoms in total. The van der Waals surface area contributed by atoms with Crippen molar-refractivity contribution in [1.29, 1.82) is 0 Å². The predicted octanol–water partition coefficient (Wildman–Crippen LogP) is 0.618. The standard InChI is InChI=1S/C15H20N6O3/c1-20-8-9(14(19-20)24-2)15(23)21-6-4-3-5-12(21)10-7-11(13(16)22)18-17-10/h7-8,12H,3-6H2,1-2H3,(H2,16,22)(H,17,18)/t12-/m1/s1. The zero-order valence-corrected chi connectivity index (χ0v) is 13.7. The van der Waals surface area contributed by atoms with Gasteiger partial charge in [-0.15, -0.1) is 5.10 Å². The molecule has 0 saturated carbocycles. The molecular weight excluding hydrogens is 312 g/mol. The van der Waals surface area contributed by atoms with Crippen molar-refractivity contribution in [1.82, 2.24) is 24.9 Å². The largest absolute Gasteiger partial charge is 0.479 e. The molecule has 0 bridgehead atoms. The number of carbonyl (C=O) groups is 2. The molecule has 0 radical (unpaired) electrons. The Bertz CT molecular complexity index is 765. The van der Waals surface area contributed by atoms with Gasteiger partial charge in [0.2, 0.25) is 5.88 Å². The number of methoxy groups -OCH3 is 1. The molecule has 1 aliphatic rings. The molecule has 1 saturated heterocycles. The van der Waals surface area contributed by atoms with Crippen LogP contribution in [0.2, 0.25) is 0 Å². The first-order valence-electron chi connectivity index (χ1n) is 7.75. The molecule has 128 valence electrons. The van der Waals surface area contributed by atoms with Crippen LogP contribution in [0.15, 0.2) is 12.3 Å². The monoisotopic (exact) mass is 332 g/mol. The van der Waals surface area contributed by atoms with E-state index in [0.717, 1.165) is 19.3 Å². The lowest BCUT2D eigenvalue weighted by Crippen LogP contribution is -2.38. The van der Waals surface area contributed by atoms with Crippen LogP contribution in [0.4, 0.5) is 0 Å². The van der Waals surface area contributed by atoms with Crippen molar-refractivity contribution in [2.24, 2.45) is 12.8 Å². The van der Waals surface area contributed by atoms with Gasteiger partial charge >= 0.3 is 0 Å². The third kappa shape index (κ3) is 2.84. The Hall–Kier alpha value is -2.84. The highest BCUT2D eigenvalue weighted by molar-refractivity contribution is 5.96. The Morgan fingerprint density at radius 2 is 2.21 bits per heavy atom. The van der Waals surface area contributed by atoms with Gasteiger partial charge in [0.1, 0.15) is 11.3 Å². The van der Waals surface area contributed by atoms with Gasteiger partial charge in [0.25, 0.3) is 11.8 Å². The zero-order chi connectivity index (χ0) is 17.3. The van der Waals surface area contributed by atoms with E-state index in [9.17, 15) is 9.59 Å². The fraction of sp³-hybridized carbons (Fsp3) is 0.467. The van der Waals surface area contributed by atoms with Gasteiger partial charge in [0, 0.05) is 19.8 Å². The van der Waals surface area contributed by atoms with E-state index >= 15 is 0 Å². The lowest BCUT2D eigenvalue weighted by Gasteiger charge is -2.34. The Balaban J connectivity index is 1.91. The lowest BCUT2D eigenvalue weighted by atomic mass is 9.98. The second-order valence-corrected chi connectivity index (χ2v) is 5.81. The molecule has 24 heavy (non-hydrogen) atoms. The van der Waals surface area contributed by atoms with Gasteiger partial charge in [-0.1, -0.05) is 0 Å². The third-order valence-corrected chi connectivity index (χ3v) is 4.19. The second kappa shape index (κ2) is 6.34. The molecule has 2 aromatic rings. The molecule has 2 amide bonds. The summed E-state index contributed by atoms with van der Waals surface area (Å²) in [5, 5.41) is 10.9. The molecule has 3 heterocycles. The quantitative estimate of drug-likeness (QED) is 0.850. The van der Waals surface area contributed by atoms with Crippen LogP contribution in [0.1, 0.15) is 51.8 Å². The van der Waals surface area contributed by atoms with Crippen LogP contribution in [0, 0.1) is 0 Å². The van der Waals surface area contributed by atoms with Crippen LogP contribution in [0.5, 0.6) is 5.88 Å². The van der Waals surface area contributed by atoms with Crippen LogP contribution < -0.4 is 10.5 Å². The van der Waals surface area contributed by atoms with Gasteiger partial charge in [-0.2, -0.15) is 5.10 Å². The van der Waals surface area contributed by atoms with Gasteiger partial charge in [-0.05, 0) is 25.3 Å². The summed E-state index contributed by atoms with van der Waals surface area (Å²) >= 11 is 0. The molecular formula is C15H20N6O3. The maximum absolute atomic E-state index is 13.0. The van der Waals surface area contributed by atoms with Crippen LogP contribution in [-0.4, -0.2) is 50.3 Å². The van der Waals surface area contributed by atoms with Gasteiger partial charge in [0.15, 0.2) is 0 Å². The zero-order valence-electron chi connectivity index (χ0n) is 13.7. The number of hydrogen-bond acceptors (Lipinski definition) is 5. The molecule has 1 fully saturated rings. The molecule has 2 aromatic heterocycles. The van der Waals surface area contributed by atoms with Crippen LogP contribution in [-0.2, 0) is 7.05 Å². The van der Waals surface area contributed by atoms with E-state index in [1.807, 2.05) is 0 Å². The molecule has 0 unspecified atom stereocenters. The molecule has 1 atom stereocenters. The second-order valence-electron chi connectivity index (χ2n) is 5.81. The van der Waals surface area contributed by atoms with Crippen LogP contribution in [0.3, 0.4) is 0 Å². The van der Waals surface area contributed by atoms with E-state index in [0.29, 0.717) is 23.7 Å². The van der Waals surface area contributed by atoms with E-state index in [1.165, 1.54) is 7.11 Å². The molecule has 3 N–H and O–H groups in total. The minimum absolute atomic E-state index is 0.153. The topological polar surface area (TPSA) is 119 Å². The summed E-state index contributed by atoms with van der Waals surface area (Å²) in [7, 11) is 3.22. The van der Waals surface area contributed by atoms with E-state index in [1.54, 1.807) is 28.9 Å². The molecule has 0 spiro atoms. The summed E-state index contributed by atoms with van der Waals surface area (Å²) in [6, 6.07) is 1.43. The highest BCUT2D eigenvalue weighted by atomic mass is 16.5. The summed E-state index contributed by atoms with van der Waals surface area (Å²) in [6.07, 6.45) is 4.34. The van der Waals surface area contributed by atoms with Crippen LogP contribution in [0.25, 0.3) is 0 Å². The van der Waals surface area contributed by atoms with Crippen LogP contribution >= 0.6 is 0 Å². The maximum atomic E-state index is 13.0. The molecule has 0 aliphatic carbocycles. The maximum Gasteiger partial charge on any atom is 0.269 e. The Labute approximate surface area is 138 Å². The average Bonchev–Trinajstić information content (AvgIpc) is 3.20. The molecule has 9 heteroatoms. The smallest absolute Gasteiger partial charge is 0.269 e. The summed E-state index contributed by atoms with van der Waals surface area (Å²) in [5.74, 6) is -0.450. The number of nitrogens with one attached hydrogen (secondary N) is 1. The number of ether oxygens (including phenoxy) is 1. The van der Waals surface area contributed by atoms with Crippen molar-refractivity contribution in [2.75, 3.05) is 13.7 Å². The fourth-order valence-corrected chi connectivity index (χ4v) is 3.05. The third-order valence-electron chi connectivity index (χ3n) is 4.19. The Kier molecular flexibility index (Phi) is 4.24. The normalized spacial score (nSPS) is 17.8. The van der Waals surface area contributed by atoms with E-state index in [-0.39, 0.29) is 17.6 Å². The first kappa shape index (κ1) is 16.0. The Morgan fingerprint density at radius 3 is 2.88 bits per heavy atom. The number of piperidine rings is 1. The summed E-state index contributed by atoms with van der Waals surface area (Å²) in [4.78, 5) is 26.0. The number of amides is 2. The average molecular weight is 332 g/mol. The van der Waals surface area contributed by atoms with Gasteiger partial charge in [0.05, 0.1) is 18.8 Å². The first-order chi connectivity index (χ1) is 11.5. The predicted molar refractivity (Wildman–Crippen MR) is 84.5 cm³/mol. The van der Waals surface area contributed by atoms with Crippen molar-refractivity contribution in [3.05, 3.63) is 29.2 Å². The molecule has 3 rings (SSSR count). The van der Waals surface area contributed by atoms with Crippen molar-refractivity contribution in [3.8, 4) is 5.88 Å². The van der Waals surface area contributed by atoms with Crippen molar-refractivity contribution < 1.29 is 14.3 Å². The van der Waals surface area contributed by atoms with Gasteiger partial charge in [-0.25, -0.2) is 0 Å².